The van der Waals surface area contributed by atoms with Crippen molar-refractivity contribution in [2.45, 2.75) is 77.0 Å². The van der Waals surface area contributed by atoms with Crippen molar-refractivity contribution in [3.8, 4) is 0 Å². The number of amides is 1. The standard InChI is InChI=1S/C27H35N3O2/c1-4-22-17-29(10-11-30(22)26(31)12-19-6-5-9-28-16-19)23-13-21-15-27(2,3)32-18-25(21)24(14-23)20-7-8-20/h5-6,9,13-14,16,20,22H,4,7-8,10-12,15,17-18H2,1-3H3/t22-/m1/s1. The van der Waals surface area contributed by atoms with Crippen molar-refractivity contribution in [2.75, 3.05) is 24.5 Å². The van der Waals surface area contributed by atoms with Crippen LogP contribution in [0.3, 0.4) is 0 Å². The van der Waals surface area contributed by atoms with E-state index in [-0.39, 0.29) is 17.6 Å². The normalized spacial score (nSPS) is 22.5. The first kappa shape index (κ1) is 21.4. The van der Waals surface area contributed by atoms with Crippen LogP contribution >= 0.6 is 0 Å². The molecule has 1 aliphatic carbocycles. The van der Waals surface area contributed by atoms with Gasteiger partial charge in [-0.05, 0) is 79.5 Å². The van der Waals surface area contributed by atoms with E-state index in [1.165, 1.54) is 35.2 Å². The predicted molar refractivity (Wildman–Crippen MR) is 127 cm³/mol. The molecule has 2 aromatic rings. The molecule has 0 unspecified atom stereocenters. The van der Waals surface area contributed by atoms with Crippen LogP contribution in [-0.4, -0.2) is 47.1 Å². The van der Waals surface area contributed by atoms with Gasteiger partial charge in [0.15, 0.2) is 0 Å². The lowest BCUT2D eigenvalue weighted by atomic mass is 9.87. The molecule has 3 heterocycles. The molecule has 0 N–H and O–H groups in total. The summed E-state index contributed by atoms with van der Waals surface area (Å²) in [5, 5.41) is 0. The van der Waals surface area contributed by atoms with Gasteiger partial charge >= 0.3 is 0 Å². The Hall–Kier alpha value is -2.40. The molecule has 170 valence electrons. The number of carbonyl (C=O) groups excluding carboxylic acids is 1. The molecular formula is C27H35N3O2. The van der Waals surface area contributed by atoms with Crippen molar-refractivity contribution in [1.29, 1.82) is 0 Å². The summed E-state index contributed by atoms with van der Waals surface area (Å²) in [6.07, 6.45) is 8.52. The molecule has 5 heteroatoms. The number of hydrogen-bond donors (Lipinski definition) is 0. The molecule has 1 saturated carbocycles. The average molecular weight is 434 g/mol. The number of carbonyl (C=O) groups is 1. The van der Waals surface area contributed by atoms with Crippen LogP contribution < -0.4 is 4.90 Å². The van der Waals surface area contributed by atoms with Crippen molar-refractivity contribution < 1.29 is 9.53 Å². The van der Waals surface area contributed by atoms with Crippen LogP contribution in [0.2, 0.25) is 0 Å². The molecule has 32 heavy (non-hydrogen) atoms. The second-order valence-corrected chi connectivity index (χ2v) is 10.3. The number of benzene rings is 1. The van der Waals surface area contributed by atoms with Crippen LogP contribution in [0.4, 0.5) is 5.69 Å². The number of rotatable bonds is 5. The van der Waals surface area contributed by atoms with Crippen LogP contribution in [0.25, 0.3) is 0 Å². The van der Waals surface area contributed by atoms with E-state index in [1.807, 2.05) is 12.1 Å². The Morgan fingerprint density at radius 2 is 2.09 bits per heavy atom. The van der Waals surface area contributed by atoms with Gasteiger partial charge in [-0.1, -0.05) is 13.0 Å². The number of piperazine rings is 1. The number of anilines is 1. The molecule has 3 aliphatic rings. The maximum Gasteiger partial charge on any atom is 0.227 e. The molecule has 1 saturated heterocycles. The largest absolute Gasteiger partial charge is 0.371 e. The zero-order chi connectivity index (χ0) is 22.3. The molecule has 1 amide bonds. The molecule has 1 atom stereocenters. The van der Waals surface area contributed by atoms with Crippen molar-refractivity contribution in [3.63, 3.8) is 0 Å². The molecule has 5 nitrogen and oxygen atoms in total. The summed E-state index contributed by atoms with van der Waals surface area (Å²) < 4.78 is 6.16. The van der Waals surface area contributed by atoms with E-state index in [4.69, 9.17) is 4.74 Å². The van der Waals surface area contributed by atoms with Gasteiger partial charge in [-0.25, -0.2) is 0 Å². The van der Waals surface area contributed by atoms with Gasteiger partial charge in [-0.15, -0.1) is 0 Å². The summed E-state index contributed by atoms with van der Waals surface area (Å²) >= 11 is 0. The SMILES string of the molecule is CC[C@@H]1CN(c2cc3c(c(C4CC4)c2)COC(C)(C)C3)CCN1C(=O)Cc1cccnc1. The Labute approximate surface area is 191 Å². The smallest absolute Gasteiger partial charge is 0.227 e. The summed E-state index contributed by atoms with van der Waals surface area (Å²) in [5.41, 5.74) is 6.63. The Kier molecular flexibility index (Phi) is 5.70. The molecule has 1 aromatic carbocycles. The first-order chi connectivity index (χ1) is 15.4. The first-order valence-corrected chi connectivity index (χ1v) is 12.2. The van der Waals surface area contributed by atoms with Crippen LogP contribution in [0.1, 0.15) is 68.2 Å². The fourth-order valence-electron chi connectivity index (χ4n) is 5.34. The zero-order valence-electron chi connectivity index (χ0n) is 19.6. The fourth-order valence-corrected chi connectivity index (χ4v) is 5.34. The van der Waals surface area contributed by atoms with Crippen LogP contribution in [0, 0.1) is 0 Å². The minimum atomic E-state index is -0.101. The molecule has 0 radical (unpaired) electrons. The summed E-state index contributed by atoms with van der Waals surface area (Å²) in [6.45, 7) is 9.89. The molecule has 1 aromatic heterocycles. The van der Waals surface area contributed by atoms with Crippen molar-refractivity contribution >= 4 is 11.6 Å². The number of ether oxygens (including phenoxy) is 1. The van der Waals surface area contributed by atoms with Gasteiger partial charge in [0.25, 0.3) is 0 Å². The second-order valence-electron chi connectivity index (χ2n) is 10.3. The zero-order valence-corrected chi connectivity index (χ0v) is 19.6. The summed E-state index contributed by atoms with van der Waals surface area (Å²) in [4.78, 5) is 21.8. The number of nitrogens with zero attached hydrogens (tertiary/aromatic N) is 3. The van der Waals surface area contributed by atoms with Gasteiger partial charge in [0.2, 0.25) is 5.91 Å². The Morgan fingerprint density at radius 3 is 2.81 bits per heavy atom. The maximum atomic E-state index is 13.1. The molecule has 0 bridgehead atoms. The quantitative estimate of drug-likeness (QED) is 0.697. The molecule has 0 spiro atoms. The number of fused-ring (bicyclic) bond motifs is 1. The lowest BCUT2D eigenvalue weighted by Crippen LogP contribution is -2.55. The lowest BCUT2D eigenvalue weighted by Gasteiger charge is -2.43. The molecule has 5 rings (SSSR count). The van der Waals surface area contributed by atoms with Crippen molar-refractivity contribution in [3.05, 3.63) is 58.9 Å². The fraction of sp³-hybridized carbons (Fsp3) is 0.556. The topological polar surface area (TPSA) is 45.7 Å². The summed E-state index contributed by atoms with van der Waals surface area (Å²) in [5.74, 6) is 0.922. The third kappa shape index (κ3) is 4.40. The average Bonchev–Trinajstić information content (AvgIpc) is 3.63. The highest BCUT2D eigenvalue weighted by Crippen LogP contribution is 2.46. The highest BCUT2D eigenvalue weighted by atomic mass is 16.5. The van der Waals surface area contributed by atoms with Gasteiger partial charge in [0.1, 0.15) is 0 Å². The predicted octanol–water partition coefficient (Wildman–Crippen LogP) is 4.48. The number of pyridine rings is 1. The Morgan fingerprint density at radius 1 is 1.25 bits per heavy atom. The van der Waals surface area contributed by atoms with E-state index >= 15 is 0 Å². The lowest BCUT2D eigenvalue weighted by molar-refractivity contribution is -0.133. The minimum absolute atomic E-state index is 0.101. The second kappa shape index (κ2) is 8.51. The highest BCUT2D eigenvalue weighted by Gasteiger charge is 2.35. The third-order valence-electron chi connectivity index (χ3n) is 7.32. The van der Waals surface area contributed by atoms with E-state index in [9.17, 15) is 4.79 Å². The van der Waals surface area contributed by atoms with Crippen LogP contribution in [-0.2, 0) is 29.0 Å². The van der Waals surface area contributed by atoms with E-state index < -0.39 is 0 Å². The summed E-state index contributed by atoms with van der Waals surface area (Å²) in [6, 6.07) is 8.97. The first-order valence-electron chi connectivity index (χ1n) is 12.2. The van der Waals surface area contributed by atoms with Gasteiger partial charge in [-0.2, -0.15) is 0 Å². The third-order valence-corrected chi connectivity index (χ3v) is 7.32. The van der Waals surface area contributed by atoms with Gasteiger partial charge in [-0.3, -0.25) is 9.78 Å². The van der Waals surface area contributed by atoms with Gasteiger partial charge in [0, 0.05) is 50.2 Å². The maximum absolute atomic E-state index is 13.1. The van der Waals surface area contributed by atoms with E-state index in [2.05, 4.69) is 47.7 Å². The van der Waals surface area contributed by atoms with Crippen LogP contribution in [0.5, 0.6) is 0 Å². The Bertz CT molecular complexity index is 984. The van der Waals surface area contributed by atoms with E-state index in [1.54, 1.807) is 12.4 Å². The monoisotopic (exact) mass is 433 g/mol. The molecular weight excluding hydrogens is 398 g/mol. The van der Waals surface area contributed by atoms with Crippen molar-refractivity contribution in [1.82, 2.24) is 9.88 Å². The highest BCUT2D eigenvalue weighted by molar-refractivity contribution is 5.79. The van der Waals surface area contributed by atoms with E-state index in [0.717, 1.165) is 44.6 Å². The summed E-state index contributed by atoms with van der Waals surface area (Å²) in [7, 11) is 0. The minimum Gasteiger partial charge on any atom is -0.371 e. The van der Waals surface area contributed by atoms with Crippen molar-refractivity contribution in [2.24, 2.45) is 0 Å². The number of aromatic nitrogens is 1. The van der Waals surface area contributed by atoms with Crippen LogP contribution in [0.15, 0.2) is 36.7 Å². The van der Waals surface area contributed by atoms with E-state index in [0.29, 0.717) is 12.3 Å². The molecule has 2 aliphatic heterocycles. The Balaban J connectivity index is 1.35. The van der Waals surface area contributed by atoms with Gasteiger partial charge in [0.05, 0.1) is 18.6 Å². The number of hydrogen-bond acceptors (Lipinski definition) is 4. The van der Waals surface area contributed by atoms with Gasteiger partial charge < -0.3 is 14.5 Å². The molecule has 2 fully saturated rings.